The van der Waals surface area contributed by atoms with Crippen LogP contribution in [0.15, 0.2) is 24.3 Å². The maximum atomic E-state index is 11.6. The minimum absolute atomic E-state index is 0.00416. The van der Waals surface area contributed by atoms with Gasteiger partial charge < -0.3 is 19.9 Å². The number of aliphatic hydroxyl groups excluding tert-OH is 1. The largest absolute Gasteiger partial charge is 0.392 e. The fraction of sp³-hybridized carbons (Fsp3) is 0.714. The van der Waals surface area contributed by atoms with Crippen LogP contribution in [-0.2, 0) is 16.6 Å². The average Bonchev–Trinajstić information content (AvgIpc) is 3.23. The third-order valence-electron chi connectivity index (χ3n) is 11.0. The van der Waals surface area contributed by atoms with E-state index >= 15 is 0 Å². The zero-order chi connectivity index (χ0) is 22.7. The number of hydrogen-bond donors (Lipinski definition) is 3. The quantitative estimate of drug-likeness (QED) is 0.581. The summed E-state index contributed by atoms with van der Waals surface area (Å²) in [5.74, 6) is 1.05. The maximum absolute atomic E-state index is 11.6. The summed E-state index contributed by atoms with van der Waals surface area (Å²) in [6.07, 6.45) is 5.33. The molecule has 3 N–H and O–H groups in total. The predicted molar refractivity (Wildman–Crippen MR) is 127 cm³/mol. The smallest absolute Gasteiger partial charge is 0.0885 e. The van der Waals surface area contributed by atoms with Crippen LogP contribution in [0.4, 0.5) is 0 Å². The molecule has 4 heteroatoms. The van der Waals surface area contributed by atoms with Crippen molar-refractivity contribution in [1.29, 1.82) is 0 Å². The Morgan fingerprint density at radius 2 is 1.84 bits per heavy atom. The number of hydrogen-bond acceptors (Lipinski definition) is 3. The summed E-state index contributed by atoms with van der Waals surface area (Å²) in [5.41, 5.74) is 3.21. The summed E-state index contributed by atoms with van der Waals surface area (Å²) in [5, 5.41) is 23.6. The summed E-state index contributed by atoms with van der Waals surface area (Å²) in [6, 6.07) is 8.77. The van der Waals surface area contributed by atoms with Gasteiger partial charge in [-0.15, -0.1) is 0 Å². The van der Waals surface area contributed by atoms with Gasteiger partial charge in [-0.25, -0.2) is 0 Å². The van der Waals surface area contributed by atoms with Crippen LogP contribution in [-0.4, -0.2) is 39.1 Å². The van der Waals surface area contributed by atoms with Crippen LogP contribution in [0.1, 0.15) is 78.0 Å². The summed E-state index contributed by atoms with van der Waals surface area (Å²) in [4.78, 5) is 3.87. The van der Waals surface area contributed by atoms with E-state index in [1.165, 1.54) is 28.6 Å². The number of aromatic amines is 1. The van der Waals surface area contributed by atoms with Gasteiger partial charge in [0.2, 0.25) is 0 Å². The zero-order valence-electron chi connectivity index (χ0n) is 20.2. The monoisotopic (exact) mass is 437 g/mol. The summed E-state index contributed by atoms with van der Waals surface area (Å²) < 4.78 is 6.57. The predicted octanol–water partition coefficient (Wildman–Crippen LogP) is 5.10. The van der Waals surface area contributed by atoms with Crippen LogP contribution in [0.3, 0.4) is 0 Å². The molecular weight excluding hydrogens is 398 g/mol. The van der Waals surface area contributed by atoms with Crippen molar-refractivity contribution < 1.29 is 14.9 Å². The molecule has 0 spiro atoms. The Labute approximate surface area is 191 Å². The molecular formula is C28H39NO3. The van der Waals surface area contributed by atoms with E-state index in [2.05, 4.69) is 50.0 Å². The number of fused-ring (bicyclic) bond motifs is 9. The van der Waals surface area contributed by atoms with Gasteiger partial charge in [-0.2, -0.15) is 0 Å². The average molecular weight is 438 g/mol. The first kappa shape index (κ1) is 21.2. The zero-order valence-corrected chi connectivity index (χ0v) is 20.2. The lowest BCUT2D eigenvalue weighted by atomic mass is 9.39. The number of rotatable bonds is 1. The molecule has 4 aliphatic rings. The Morgan fingerprint density at radius 3 is 2.59 bits per heavy atom. The van der Waals surface area contributed by atoms with E-state index in [0.717, 1.165) is 25.7 Å². The third-order valence-corrected chi connectivity index (χ3v) is 11.0. The number of nitrogens with one attached hydrogen (secondary N) is 1. The molecule has 8 atom stereocenters. The first-order valence-electron chi connectivity index (χ1n) is 12.7. The molecule has 0 amide bonds. The molecule has 174 valence electrons. The second kappa shape index (κ2) is 6.40. The van der Waals surface area contributed by atoms with Crippen molar-refractivity contribution in [2.24, 2.45) is 22.7 Å². The molecule has 0 bridgehead atoms. The van der Waals surface area contributed by atoms with Crippen molar-refractivity contribution in [2.75, 3.05) is 0 Å². The second-order valence-corrected chi connectivity index (χ2v) is 12.6. The highest BCUT2D eigenvalue weighted by Gasteiger charge is 2.69. The lowest BCUT2D eigenvalue weighted by molar-refractivity contribution is -0.280. The summed E-state index contributed by atoms with van der Waals surface area (Å²) >= 11 is 0. The van der Waals surface area contributed by atoms with E-state index in [0.29, 0.717) is 18.3 Å². The number of ether oxygens (including phenoxy) is 1. The number of H-pyrrole nitrogens is 1. The SMILES string of the molecule is CC(C)(O)[C@@H]1C[C@@H](O)[C@@]2(C)C3CC[C@H]4Cc5c([nH]c6ccccc56)[C@]4(C)[C@@]3(C)CC[C@@H]2O1. The van der Waals surface area contributed by atoms with Gasteiger partial charge in [-0.3, -0.25) is 0 Å². The third kappa shape index (κ3) is 2.39. The molecule has 0 radical (unpaired) electrons. The van der Waals surface area contributed by atoms with Gasteiger partial charge in [-0.05, 0) is 74.8 Å². The number of para-hydroxylation sites is 1. The molecule has 1 aromatic carbocycles. The molecule has 32 heavy (non-hydrogen) atoms. The molecule has 1 saturated heterocycles. The molecule has 3 aliphatic carbocycles. The van der Waals surface area contributed by atoms with Gasteiger partial charge >= 0.3 is 0 Å². The van der Waals surface area contributed by atoms with E-state index in [4.69, 9.17) is 4.74 Å². The maximum Gasteiger partial charge on any atom is 0.0885 e. The molecule has 3 fully saturated rings. The molecule has 2 heterocycles. The van der Waals surface area contributed by atoms with E-state index in [1.807, 2.05) is 13.8 Å². The van der Waals surface area contributed by atoms with Gasteiger partial charge in [0.15, 0.2) is 0 Å². The Bertz CT molecular complexity index is 1070. The van der Waals surface area contributed by atoms with Crippen molar-refractivity contribution in [3.8, 4) is 0 Å². The minimum Gasteiger partial charge on any atom is -0.392 e. The lowest BCUT2D eigenvalue weighted by Gasteiger charge is -2.67. The standard InChI is InChI=1S/C28H39NO3/c1-25(2,31)23-15-21(30)27(4)20-11-10-16-14-18-17-8-6-7-9-19(17)29-24(18)28(16,5)26(20,3)13-12-22(27)32-23/h6-9,16,20-23,29-31H,10-15H2,1-5H3/t16-,20?,21+,22-,23-,26-,27+,28+/m0/s1. The van der Waals surface area contributed by atoms with E-state index in [9.17, 15) is 10.2 Å². The summed E-state index contributed by atoms with van der Waals surface area (Å²) in [7, 11) is 0. The van der Waals surface area contributed by atoms with Crippen molar-refractivity contribution in [3.05, 3.63) is 35.5 Å². The molecule has 1 aromatic heterocycles. The molecule has 4 nitrogen and oxygen atoms in total. The van der Waals surface area contributed by atoms with Crippen LogP contribution in [0.2, 0.25) is 0 Å². The van der Waals surface area contributed by atoms with Gasteiger partial charge in [0, 0.05) is 33.8 Å². The normalized spacial score (nSPS) is 45.8. The topological polar surface area (TPSA) is 65.5 Å². The molecule has 1 aliphatic heterocycles. The Morgan fingerprint density at radius 1 is 1.09 bits per heavy atom. The molecule has 6 rings (SSSR count). The summed E-state index contributed by atoms with van der Waals surface area (Å²) in [6.45, 7) is 10.9. The van der Waals surface area contributed by atoms with Gasteiger partial charge in [0.1, 0.15) is 0 Å². The first-order valence-corrected chi connectivity index (χ1v) is 12.7. The number of aromatic nitrogens is 1. The molecule has 2 saturated carbocycles. The van der Waals surface area contributed by atoms with E-state index < -0.39 is 11.7 Å². The first-order chi connectivity index (χ1) is 15.0. The van der Waals surface area contributed by atoms with Gasteiger partial charge in [-0.1, -0.05) is 39.0 Å². The second-order valence-electron chi connectivity index (χ2n) is 12.6. The molecule has 1 unspecified atom stereocenters. The highest BCUT2D eigenvalue weighted by Crippen LogP contribution is 2.71. The van der Waals surface area contributed by atoms with Gasteiger partial charge in [0.05, 0.1) is 23.9 Å². The molecule has 2 aromatic rings. The lowest BCUT2D eigenvalue weighted by Crippen LogP contribution is -2.68. The van der Waals surface area contributed by atoms with Crippen molar-refractivity contribution in [3.63, 3.8) is 0 Å². The van der Waals surface area contributed by atoms with Crippen molar-refractivity contribution >= 4 is 10.9 Å². The van der Waals surface area contributed by atoms with Crippen LogP contribution in [0.25, 0.3) is 10.9 Å². The minimum atomic E-state index is -0.933. The number of aliphatic hydroxyl groups is 2. The highest BCUT2D eigenvalue weighted by atomic mass is 16.5. The van der Waals surface area contributed by atoms with Crippen LogP contribution in [0, 0.1) is 22.7 Å². The Hall–Kier alpha value is -1.36. The van der Waals surface area contributed by atoms with Crippen molar-refractivity contribution in [2.45, 2.75) is 102 Å². The fourth-order valence-electron chi connectivity index (χ4n) is 8.93. The van der Waals surface area contributed by atoms with Gasteiger partial charge in [0.25, 0.3) is 0 Å². The Kier molecular flexibility index (Phi) is 4.24. The Balaban J connectivity index is 1.44. The van der Waals surface area contributed by atoms with Crippen molar-refractivity contribution in [1.82, 2.24) is 4.98 Å². The van der Waals surface area contributed by atoms with Crippen LogP contribution < -0.4 is 0 Å². The highest BCUT2D eigenvalue weighted by molar-refractivity contribution is 5.86. The fourth-order valence-corrected chi connectivity index (χ4v) is 8.93. The van der Waals surface area contributed by atoms with E-state index in [-0.39, 0.29) is 28.5 Å². The van der Waals surface area contributed by atoms with E-state index in [1.54, 1.807) is 0 Å². The number of benzene rings is 1. The van der Waals surface area contributed by atoms with Crippen LogP contribution in [0.5, 0.6) is 0 Å². The van der Waals surface area contributed by atoms with Crippen LogP contribution >= 0.6 is 0 Å².